The highest BCUT2D eigenvalue weighted by Gasteiger charge is 2.19. The second kappa shape index (κ2) is 6.19. The maximum atomic E-state index is 3.55. The molecule has 0 aliphatic heterocycles. The molecule has 1 aromatic carbocycles. The Bertz CT molecular complexity index is 396. The molecular weight excluding hydrogens is 218 g/mol. The lowest BCUT2D eigenvalue weighted by atomic mass is 10.0. The van der Waals surface area contributed by atoms with Gasteiger partial charge in [0.05, 0.1) is 0 Å². The zero-order chi connectivity index (χ0) is 13.0. The molecule has 0 radical (unpaired) electrons. The average molecular weight is 243 g/mol. The van der Waals surface area contributed by atoms with E-state index in [1.54, 1.807) is 0 Å². The lowest BCUT2D eigenvalue weighted by molar-refractivity contribution is 0.647. The van der Waals surface area contributed by atoms with Crippen LogP contribution in [0.3, 0.4) is 0 Å². The summed E-state index contributed by atoms with van der Waals surface area (Å²) in [6, 6.07) is 9.78. The van der Waals surface area contributed by atoms with Crippen LogP contribution in [-0.4, -0.2) is 12.6 Å². The number of hydrogen-bond acceptors (Lipinski definition) is 1. The minimum atomic E-state index is 0.732. The van der Waals surface area contributed by atoms with E-state index in [2.05, 4.69) is 56.4 Å². The SMILES string of the molecule is CC(=Cc1ccc(CC(C)C)cc1)CNC1CC1. The molecule has 1 aromatic rings. The molecule has 1 aliphatic carbocycles. The summed E-state index contributed by atoms with van der Waals surface area (Å²) >= 11 is 0. The summed E-state index contributed by atoms with van der Waals surface area (Å²) in [5.41, 5.74) is 4.17. The normalized spacial score (nSPS) is 16.3. The summed E-state index contributed by atoms with van der Waals surface area (Å²) in [5, 5.41) is 3.55. The molecule has 18 heavy (non-hydrogen) atoms. The van der Waals surface area contributed by atoms with E-state index in [9.17, 15) is 0 Å². The first kappa shape index (κ1) is 13.4. The Hall–Kier alpha value is -1.08. The van der Waals surface area contributed by atoms with Crippen LogP contribution in [0.5, 0.6) is 0 Å². The second-order valence-electron chi connectivity index (χ2n) is 5.99. The lowest BCUT2D eigenvalue weighted by Crippen LogP contribution is -2.18. The predicted molar refractivity (Wildman–Crippen MR) is 79.7 cm³/mol. The van der Waals surface area contributed by atoms with Gasteiger partial charge in [0, 0.05) is 12.6 Å². The van der Waals surface area contributed by atoms with Gasteiger partial charge in [-0.1, -0.05) is 49.8 Å². The van der Waals surface area contributed by atoms with Crippen LogP contribution in [0.1, 0.15) is 44.7 Å². The molecule has 0 spiro atoms. The molecule has 1 heteroatoms. The van der Waals surface area contributed by atoms with Gasteiger partial charge in [0.2, 0.25) is 0 Å². The molecule has 0 saturated heterocycles. The van der Waals surface area contributed by atoms with Crippen molar-refractivity contribution < 1.29 is 0 Å². The van der Waals surface area contributed by atoms with Crippen molar-refractivity contribution in [2.24, 2.45) is 5.92 Å². The maximum absolute atomic E-state index is 3.55. The van der Waals surface area contributed by atoms with Gasteiger partial charge in [0.1, 0.15) is 0 Å². The van der Waals surface area contributed by atoms with Crippen molar-refractivity contribution in [1.82, 2.24) is 5.32 Å². The summed E-state index contributed by atoms with van der Waals surface area (Å²) < 4.78 is 0. The van der Waals surface area contributed by atoms with Gasteiger partial charge in [-0.25, -0.2) is 0 Å². The number of benzene rings is 1. The third-order valence-electron chi connectivity index (χ3n) is 3.28. The van der Waals surface area contributed by atoms with E-state index in [4.69, 9.17) is 0 Å². The molecule has 2 rings (SSSR count). The molecule has 0 amide bonds. The first-order valence-corrected chi connectivity index (χ1v) is 7.13. The highest BCUT2D eigenvalue weighted by molar-refractivity contribution is 5.53. The summed E-state index contributed by atoms with van der Waals surface area (Å²) in [7, 11) is 0. The number of rotatable bonds is 6. The summed E-state index contributed by atoms with van der Waals surface area (Å²) in [4.78, 5) is 0. The molecule has 0 bridgehead atoms. The number of nitrogens with one attached hydrogen (secondary N) is 1. The second-order valence-corrected chi connectivity index (χ2v) is 5.99. The van der Waals surface area contributed by atoms with Crippen molar-refractivity contribution in [2.75, 3.05) is 6.54 Å². The predicted octanol–water partition coefficient (Wildman–Crippen LogP) is 4.04. The van der Waals surface area contributed by atoms with E-state index in [-0.39, 0.29) is 0 Å². The van der Waals surface area contributed by atoms with Crippen molar-refractivity contribution in [3.05, 3.63) is 41.0 Å². The monoisotopic (exact) mass is 243 g/mol. The van der Waals surface area contributed by atoms with Crippen molar-refractivity contribution in [3.63, 3.8) is 0 Å². The van der Waals surface area contributed by atoms with E-state index < -0.39 is 0 Å². The third kappa shape index (κ3) is 4.66. The van der Waals surface area contributed by atoms with Gasteiger partial charge in [-0.3, -0.25) is 0 Å². The van der Waals surface area contributed by atoms with E-state index in [0.717, 1.165) is 18.5 Å². The van der Waals surface area contributed by atoms with Gasteiger partial charge < -0.3 is 5.32 Å². The van der Waals surface area contributed by atoms with Crippen LogP contribution in [0.2, 0.25) is 0 Å². The smallest absolute Gasteiger partial charge is 0.0167 e. The fourth-order valence-electron chi connectivity index (χ4n) is 2.15. The fraction of sp³-hybridized carbons (Fsp3) is 0.529. The zero-order valence-electron chi connectivity index (χ0n) is 11.9. The van der Waals surface area contributed by atoms with Crippen molar-refractivity contribution in [2.45, 2.75) is 46.1 Å². The Balaban J connectivity index is 1.89. The lowest BCUT2D eigenvalue weighted by Gasteiger charge is -2.06. The zero-order valence-corrected chi connectivity index (χ0v) is 11.9. The quantitative estimate of drug-likeness (QED) is 0.795. The minimum Gasteiger partial charge on any atom is -0.310 e. The van der Waals surface area contributed by atoms with Crippen molar-refractivity contribution in [3.8, 4) is 0 Å². The van der Waals surface area contributed by atoms with Gasteiger partial charge in [-0.15, -0.1) is 0 Å². The molecule has 0 heterocycles. The Morgan fingerprint density at radius 2 is 1.94 bits per heavy atom. The molecule has 1 nitrogen and oxygen atoms in total. The van der Waals surface area contributed by atoms with Crippen molar-refractivity contribution in [1.29, 1.82) is 0 Å². The Kier molecular flexibility index (Phi) is 4.60. The fourth-order valence-corrected chi connectivity index (χ4v) is 2.15. The largest absolute Gasteiger partial charge is 0.310 e. The van der Waals surface area contributed by atoms with Crippen LogP contribution in [-0.2, 0) is 6.42 Å². The Morgan fingerprint density at radius 3 is 2.50 bits per heavy atom. The molecule has 1 saturated carbocycles. The van der Waals surface area contributed by atoms with E-state index in [1.807, 2.05) is 0 Å². The molecule has 1 fully saturated rings. The summed E-state index contributed by atoms with van der Waals surface area (Å²) in [5.74, 6) is 0.732. The third-order valence-corrected chi connectivity index (χ3v) is 3.28. The van der Waals surface area contributed by atoms with E-state index in [0.29, 0.717) is 0 Å². The average Bonchev–Trinajstić information content (AvgIpc) is 3.12. The molecule has 0 atom stereocenters. The molecule has 1 N–H and O–H groups in total. The summed E-state index contributed by atoms with van der Waals surface area (Å²) in [6.07, 6.45) is 6.18. The molecule has 0 aromatic heterocycles. The maximum Gasteiger partial charge on any atom is 0.0167 e. The first-order valence-electron chi connectivity index (χ1n) is 7.13. The topological polar surface area (TPSA) is 12.0 Å². The van der Waals surface area contributed by atoms with Gasteiger partial charge in [-0.2, -0.15) is 0 Å². The molecular formula is C17H25N. The van der Waals surface area contributed by atoms with Gasteiger partial charge >= 0.3 is 0 Å². The van der Waals surface area contributed by atoms with E-state index in [1.165, 1.54) is 36.0 Å². The Morgan fingerprint density at radius 1 is 1.28 bits per heavy atom. The van der Waals surface area contributed by atoms with Crippen LogP contribution in [0.15, 0.2) is 29.8 Å². The van der Waals surface area contributed by atoms with Gasteiger partial charge in [0.25, 0.3) is 0 Å². The van der Waals surface area contributed by atoms with Gasteiger partial charge in [-0.05, 0) is 43.2 Å². The molecule has 0 unspecified atom stereocenters. The van der Waals surface area contributed by atoms with E-state index >= 15 is 0 Å². The van der Waals surface area contributed by atoms with Crippen LogP contribution in [0.25, 0.3) is 6.08 Å². The number of hydrogen-bond donors (Lipinski definition) is 1. The van der Waals surface area contributed by atoms with Crippen LogP contribution in [0, 0.1) is 5.92 Å². The minimum absolute atomic E-state index is 0.732. The Labute approximate surface area is 111 Å². The first-order chi connectivity index (χ1) is 8.63. The van der Waals surface area contributed by atoms with Crippen LogP contribution >= 0.6 is 0 Å². The molecule has 98 valence electrons. The van der Waals surface area contributed by atoms with Crippen molar-refractivity contribution >= 4 is 6.08 Å². The highest BCUT2D eigenvalue weighted by atomic mass is 14.9. The standard InChI is InChI=1S/C17H25N/c1-13(2)10-15-4-6-16(7-5-15)11-14(3)12-18-17-8-9-17/h4-7,11,13,17-18H,8-10,12H2,1-3H3. The summed E-state index contributed by atoms with van der Waals surface area (Å²) in [6.45, 7) is 7.76. The van der Waals surface area contributed by atoms with Gasteiger partial charge in [0.15, 0.2) is 0 Å². The highest BCUT2D eigenvalue weighted by Crippen LogP contribution is 2.19. The van der Waals surface area contributed by atoms with Crippen LogP contribution in [0.4, 0.5) is 0 Å². The van der Waals surface area contributed by atoms with Crippen LogP contribution < -0.4 is 5.32 Å². The molecule has 1 aliphatic rings.